The third kappa shape index (κ3) is 2.75. The molecule has 0 spiro atoms. The highest BCUT2D eigenvalue weighted by Gasteiger charge is 2.19. The van der Waals surface area contributed by atoms with Crippen LogP contribution < -0.4 is 9.64 Å². The predicted molar refractivity (Wildman–Crippen MR) is 70.1 cm³/mol. The summed E-state index contributed by atoms with van der Waals surface area (Å²) >= 11 is 0. The summed E-state index contributed by atoms with van der Waals surface area (Å²) in [5.74, 6) is 0.000818. The molecule has 1 aromatic carbocycles. The lowest BCUT2D eigenvalue weighted by Gasteiger charge is -2.30. The van der Waals surface area contributed by atoms with Crippen LogP contribution in [0.5, 0.6) is 11.5 Å². The summed E-state index contributed by atoms with van der Waals surface area (Å²) < 4.78 is 5.25. The van der Waals surface area contributed by atoms with Gasteiger partial charge >= 0.3 is 5.97 Å². The normalized spacial score (nSPS) is 15.5. The summed E-state index contributed by atoms with van der Waals surface area (Å²) in [6.45, 7) is 3.63. The molecule has 0 aliphatic carbocycles. The highest BCUT2D eigenvalue weighted by atomic mass is 16.5. The van der Waals surface area contributed by atoms with Crippen molar-refractivity contribution >= 4 is 11.7 Å². The first-order valence-electron chi connectivity index (χ1n) is 6.50. The minimum Gasteiger partial charge on any atom is -0.504 e. The molecule has 1 aromatic rings. The van der Waals surface area contributed by atoms with Crippen LogP contribution in [0, 0.1) is 0 Å². The topological polar surface area (TPSA) is 49.8 Å². The first kappa shape index (κ1) is 12.7. The Morgan fingerprint density at radius 2 is 2.06 bits per heavy atom. The van der Waals surface area contributed by atoms with E-state index < -0.39 is 0 Å². The molecule has 1 saturated heterocycles. The van der Waals surface area contributed by atoms with Crippen LogP contribution >= 0.6 is 0 Å². The van der Waals surface area contributed by atoms with Crippen molar-refractivity contribution in [2.75, 3.05) is 18.0 Å². The van der Waals surface area contributed by atoms with Gasteiger partial charge in [0.1, 0.15) is 0 Å². The second-order valence-corrected chi connectivity index (χ2v) is 4.50. The monoisotopic (exact) mass is 249 g/mol. The number of nitrogens with zero attached hydrogens (tertiary/aromatic N) is 1. The number of phenolic OH excluding ortho intramolecular Hbond substituents is 1. The number of carbonyl (C=O) groups is 1. The largest absolute Gasteiger partial charge is 0.504 e. The Labute approximate surface area is 107 Å². The molecule has 1 aliphatic heterocycles. The number of phenols is 1. The van der Waals surface area contributed by atoms with Crippen LogP contribution in [0.3, 0.4) is 0 Å². The zero-order chi connectivity index (χ0) is 13.0. The lowest BCUT2D eigenvalue weighted by molar-refractivity contribution is -0.134. The number of carbonyl (C=O) groups excluding carboxylic acids is 1. The van der Waals surface area contributed by atoms with Crippen LogP contribution in [0.4, 0.5) is 5.69 Å². The maximum atomic E-state index is 11.4. The molecule has 0 saturated carbocycles. The van der Waals surface area contributed by atoms with Crippen molar-refractivity contribution in [3.8, 4) is 11.5 Å². The Bertz CT molecular complexity index is 425. The van der Waals surface area contributed by atoms with Crippen LogP contribution in [0.15, 0.2) is 18.2 Å². The lowest BCUT2D eigenvalue weighted by atomic mass is 10.1. The maximum Gasteiger partial charge on any atom is 0.311 e. The lowest BCUT2D eigenvalue weighted by Crippen LogP contribution is -2.30. The molecule has 4 heteroatoms. The molecule has 0 radical (unpaired) electrons. The number of hydrogen-bond donors (Lipinski definition) is 1. The molecular formula is C14H19NO3. The van der Waals surface area contributed by atoms with E-state index in [4.69, 9.17) is 4.74 Å². The van der Waals surface area contributed by atoms with Crippen molar-refractivity contribution in [2.45, 2.75) is 32.6 Å². The van der Waals surface area contributed by atoms with Gasteiger partial charge in [-0.2, -0.15) is 0 Å². The highest BCUT2D eigenvalue weighted by molar-refractivity contribution is 5.77. The Morgan fingerprint density at radius 3 is 2.72 bits per heavy atom. The summed E-state index contributed by atoms with van der Waals surface area (Å²) in [6.07, 6.45) is 3.81. The smallest absolute Gasteiger partial charge is 0.311 e. The van der Waals surface area contributed by atoms with Gasteiger partial charge in [0.25, 0.3) is 0 Å². The number of hydrogen-bond acceptors (Lipinski definition) is 4. The molecule has 0 aromatic heterocycles. The van der Waals surface area contributed by atoms with Gasteiger partial charge in [-0.15, -0.1) is 0 Å². The fourth-order valence-corrected chi connectivity index (χ4v) is 2.19. The first-order chi connectivity index (χ1) is 8.72. The zero-order valence-corrected chi connectivity index (χ0v) is 10.7. The second-order valence-electron chi connectivity index (χ2n) is 4.50. The van der Waals surface area contributed by atoms with E-state index in [0.717, 1.165) is 31.6 Å². The average Bonchev–Trinajstić information content (AvgIpc) is 2.42. The van der Waals surface area contributed by atoms with Crippen molar-refractivity contribution < 1.29 is 14.6 Å². The fraction of sp³-hybridized carbons (Fsp3) is 0.500. The molecule has 0 bridgehead atoms. The van der Waals surface area contributed by atoms with E-state index in [1.165, 1.54) is 6.42 Å². The Kier molecular flexibility index (Phi) is 4.07. The number of esters is 1. The number of ether oxygens (including phenoxy) is 1. The highest BCUT2D eigenvalue weighted by Crippen LogP contribution is 2.38. The molecule has 0 atom stereocenters. The summed E-state index contributed by atoms with van der Waals surface area (Å²) in [4.78, 5) is 13.6. The molecule has 0 unspecified atom stereocenters. The summed E-state index contributed by atoms with van der Waals surface area (Å²) in [7, 11) is 0. The van der Waals surface area contributed by atoms with Crippen LogP contribution in [0.25, 0.3) is 0 Å². The molecule has 1 N–H and O–H groups in total. The van der Waals surface area contributed by atoms with Gasteiger partial charge in [-0.1, -0.05) is 13.0 Å². The zero-order valence-electron chi connectivity index (χ0n) is 10.7. The minimum atomic E-state index is -0.324. The van der Waals surface area contributed by atoms with E-state index in [2.05, 4.69) is 4.90 Å². The van der Waals surface area contributed by atoms with Crippen LogP contribution in [0.1, 0.15) is 32.6 Å². The first-order valence-corrected chi connectivity index (χ1v) is 6.50. The average molecular weight is 249 g/mol. The van der Waals surface area contributed by atoms with E-state index in [1.807, 2.05) is 6.07 Å². The molecule has 1 fully saturated rings. The number of anilines is 1. The van der Waals surface area contributed by atoms with Gasteiger partial charge in [-0.05, 0) is 31.4 Å². The van der Waals surface area contributed by atoms with Crippen molar-refractivity contribution in [3.63, 3.8) is 0 Å². The van der Waals surface area contributed by atoms with Crippen LogP contribution in [-0.4, -0.2) is 24.2 Å². The number of benzene rings is 1. The van der Waals surface area contributed by atoms with Crippen molar-refractivity contribution in [1.29, 1.82) is 0 Å². The minimum absolute atomic E-state index is 0.0277. The summed E-state index contributed by atoms with van der Waals surface area (Å²) in [5, 5.41) is 9.86. The van der Waals surface area contributed by atoms with Gasteiger partial charge in [0, 0.05) is 19.5 Å². The standard InChI is InChI=1S/C14H19NO3/c1-2-13(17)18-14-11(7-6-8-12(14)16)15-9-4-3-5-10-15/h6-8,16H,2-5,9-10H2,1H3. The summed E-state index contributed by atoms with van der Waals surface area (Å²) in [5.41, 5.74) is 0.816. The Morgan fingerprint density at radius 1 is 1.33 bits per heavy atom. The van der Waals surface area contributed by atoms with E-state index in [0.29, 0.717) is 12.2 Å². The molecule has 0 amide bonds. The molecule has 1 heterocycles. The van der Waals surface area contributed by atoms with Crippen LogP contribution in [-0.2, 0) is 4.79 Å². The molecule has 18 heavy (non-hydrogen) atoms. The third-order valence-electron chi connectivity index (χ3n) is 3.17. The van der Waals surface area contributed by atoms with Gasteiger partial charge in [-0.3, -0.25) is 4.79 Å². The van der Waals surface area contributed by atoms with Gasteiger partial charge < -0.3 is 14.7 Å². The maximum absolute atomic E-state index is 11.4. The van der Waals surface area contributed by atoms with E-state index >= 15 is 0 Å². The number of piperidine rings is 1. The molecule has 4 nitrogen and oxygen atoms in total. The van der Waals surface area contributed by atoms with Crippen LogP contribution in [0.2, 0.25) is 0 Å². The Hall–Kier alpha value is -1.71. The second kappa shape index (κ2) is 5.76. The van der Waals surface area contributed by atoms with Crippen molar-refractivity contribution in [1.82, 2.24) is 0 Å². The van der Waals surface area contributed by atoms with Gasteiger partial charge in [0.05, 0.1) is 5.69 Å². The Balaban J connectivity index is 2.27. The van der Waals surface area contributed by atoms with Crippen molar-refractivity contribution in [2.24, 2.45) is 0 Å². The van der Waals surface area contributed by atoms with E-state index in [-0.39, 0.29) is 11.7 Å². The van der Waals surface area contributed by atoms with Gasteiger partial charge in [0.2, 0.25) is 0 Å². The number of rotatable bonds is 3. The van der Waals surface area contributed by atoms with E-state index in [9.17, 15) is 9.90 Å². The number of para-hydroxylation sites is 1. The fourth-order valence-electron chi connectivity index (χ4n) is 2.19. The summed E-state index contributed by atoms with van der Waals surface area (Å²) in [6, 6.07) is 5.22. The SMILES string of the molecule is CCC(=O)Oc1c(O)cccc1N1CCCCC1. The van der Waals surface area contributed by atoms with Gasteiger partial charge in [0.15, 0.2) is 11.5 Å². The predicted octanol–water partition coefficient (Wildman–Crippen LogP) is 2.70. The molecule has 1 aliphatic rings. The van der Waals surface area contributed by atoms with Crippen molar-refractivity contribution in [3.05, 3.63) is 18.2 Å². The third-order valence-corrected chi connectivity index (χ3v) is 3.17. The van der Waals surface area contributed by atoms with Gasteiger partial charge in [-0.25, -0.2) is 0 Å². The molecule has 2 rings (SSSR count). The van der Waals surface area contributed by atoms with E-state index in [1.54, 1.807) is 19.1 Å². The molecular weight excluding hydrogens is 230 g/mol. The quantitative estimate of drug-likeness (QED) is 0.661. The number of aromatic hydroxyl groups is 1. The molecule has 98 valence electrons.